The number of nitrogens with two attached hydrogens (primary N) is 1. The third-order valence-corrected chi connectivity index (χ3v) is 5.73. The molecule has 0 spiro atoms. The van der Waals surface area contributed by atoms with E-state index >= 15 is 0 Å². The summed E-state index contributed by atoms with van der Waals surface area (Å²) in [5.41, 5.74) is 10.7. The van der Waals surface area contributed by atoms with Crippen LogP contribution in [0.2, 0.25) is 0 Å². The quantitative estimate of drug-likeness (QED) is 0.774. The van der Waals surface area contributed by atoms with E-state index in [0.717, 1.165) is 23.9 Å². The van der Waals surface area contributed by atoms with Crippen LogP contribution in [0.1, 0.15) is 74.0 Å². The predicted octanol–water partition coefficient (Wildman–Crippen LogP) is 3.47. The van der Waals surface area contributed by atoms with Gasteiger partial charge in [0.15, 0.2) is 0 Å². The van der Waals surface area contributed by atoms with Gasteiger partial charge in [0.25, 0.3) is 5.91 Å². The van der Waals surface area contributed by atoms with Gasteiger partial charge in [-0.25, -0.2) is 4.98 Å². The fourth-order valence-corrected chi connectivity index (χ4v) is 3.95. The molecular formula is C22H30N4O. The standard InChI is InChI=1S/C22H30N4O/c1-22(2,3)17-10-14(13-6-7-13)9-16-18(23)11-19(26-20(16)17)21(27)25-12-15-5-4-8-24-15/h9-11,13,15,24H,4-8,12H2,1-3H3,(H2,23,26)(H,25,27). The number of hydrogen-bond acceptors (Lipinski definition) is 4. The monoisotopic (exact) mass is 366 g/mol. The number of fused-ring (bicyclic) bond motifs is 1. The Morgan fingerprint density at radius 1 is 1.26 bits per heavy atom. The van der Waals surface area contributed by atoms with E-state index in [-0.39, 0.29) is 11.3 Å². The molecule has 5 nitrogen and oxygen atoms in total. The number of benzene rings is 1. The van der Waals surface area contributed by atoms with Crippen LogP contribution in [0.15, 0.2) is 18.2 Å². The molecule has 1 unspecified atom stereocenters. The van der Waals surface area contributed by atoms with E-state index in [1.807, 2.05) is 0 Å². The summed E-state index contributed by atoms with van der Waals surface area (Å²) in [6, 6.07) is 6.53. The van der Waals surface area contributed by atoms with Gasteiger partial charge in [0.2, 0.25) is 0 Å². The van der Waals surface area contributed by atoms with Gasteiger partial charge in [0, 0.05) is 23.7 Å². The SMILES string of the molecule is CC(C)(C)c1cc(C2CC2)cc2c(N)cc(C(=O)NCC3CCCN3)nc12. The Bertz CT molecular complexity index is 874. The molecule has 4 N–H and O–H groups in total. The lowest BCUT2D eigenvalue weighted by atomic mass is 9.83. The number of pyridine rings is 1. The summed E-state index contributed by atoms with van der Waals surface area (Å²) in [5.74, 6) is 0.500. The molecule has 2 aliphatic rings. The summed E-state index contributed by atoms with van der Waals surface area (Å²) in [6.45, 7) is 8.23. The zero-order chi connectivity index (χ0) is 19.2. The van der Waals surface area contributed by atoms with Gasteiger partial charge < -0.3 is 16.4 Å². The number of carbonyl (C=O) groups is 1. The van der Waals surface area contributed by atoms with Gasteiger partial charge in [-0.15, -0.1) is 0 Å². The summed E-state index contributed by atoms with van der Waals surface area (Å²) >= 11 is 0. The molecule has 0 bridgehead atoms. The van der Waals surface area contributed by atoms with Crippen molar-refractivity contribution in [2.45, 2.75) is 63.8 Å². The number of rotatable bonds is 4. The second-order valence-corrected chi connectivity index (χ2v) is 9.09. The minimum Gasteiger partial charge on any atom is -0.398 e. The Kier molecular flexibility index (Phi) is 4.58. The number of nitrogen functional groups attached to an aromatic ring is 1. The number of amides is 1. The second kappa shape index (κ2) is 6.79. The van der Waals surface area contributed by atoms with Crippen molar-refractivity contribution in [3.8, 4) is 0 Å². The summed E-state index contributed by atoms with van der Waals surface area (Å²) in [5, 5.41) is 7.38. The highest BCUT2D eigenvalue weighted by Gasteiger charge is 2.28. The topological polar surface area (TPSA) is 80.0 Å². The Morgan fingerprint density at radius 2 is 2.04 bits per heavy atom. The van der Waals surface area contributed by atoms with E-state index in [1.54, 1.807) is 6.07 Å². The highest BCUT2D eigenvalue weighted by molar-refractivity contribution is 6.00. The van der Waals surface area contributed by atoms with Crippen LogP contribution < -0.4 is 16.4 Å². The maximum atomic E-state index is 12.7. The van der Waals surface area contributed by atoms with E-state index in [2.05, 4.69) is 43.5 Å². The van der Waals surface area contributed by atoms with Crippen LogP contribution in [-0.2, 0) is 5.41 Å². The van der Waals surface area contributed by atoms with E-state index in [0.29, 0.717) is 29.9 Å². The van der Waals surface area contributed by atoms with Gasteiger partial charge in [-0.3, -0.25) is 4.79 Å². The van der Waals surface area contributed by atoms with Crippen molar-refractivity contribution in [3.63, 3.8) is 0 Å². The smallest absolute Gasteiger partial charge is 0.270 e. The molecule has 27 heavy (non-hydrogen) atoms. The molecule has 1 aromatic carbocycles. The predicted molar refractivity (Wildman–Crippen MR) is 110 cm³/mol. The van der Waals surface area contributed by atoms with Gasteiger partial charge in [-0.05, 0) is 66.8 Å². The first-order chi connectivity index (χ1) is 12.8. The summed E-state index contributed by atoms with van der Waals surface area (Å²) in [7, 11) is 0. The lowest BCUT2D eigenvalue weighted by molar-refractivity contribution is 0.0945. The van der Waals surface area contributed by atoms with Gasteiger partial charge in [-0.1, -0.05) is 26.8 Å². The highest BCUT2D eigenvalue weighted by Crippen LogP contribution is 2.43. The number of hydrogen-bond donors (Lipinski definition) is 3. The first-order valence-electron chi connectivity index (χ1n) is 10.1. The summed E-state index contributed by atoms with van der Waals surface area (Å²) in [6.07, 6.45) is 4.77. The van der Waals surface area contributed by atoms with Crippen molar-refractivity contribution in [2.24, 2.45) is 0 Å². The maximum Gasteiger partial charge on any atom is 0.270 e. The van der Waals surface area contributed by atoms with Crippen LogP contribution in [-0.4, -0.2) is 30.0 Å². The third kappa shape index (κ3) is 3.79. The molecule has 2 heterocycles. The Balaban J connectivity index is 1.70. The van der Waals surface area contributed by atoms with Crippen LogP contribution in [0.25, 0.3) is 10.9 Å². The number of anilines is 1. The molecule has 1 amide bonds. The highest BCUT2D eigenvalue weighted by atomic mass is 16.1. The minimum absolute atomic E-state index is 0.0640. The molecule has 5 heteroatoms. The van der Waals surface area contributed by atoms with Crippen LogP contribution in [0.3, 0.4) is 0 Å². The first kappa shape index (κ1) is 18.2. The summed E-state index contributed by atoms with van der Waals surface area (Å²) < 4.78 is 0. The molecule has 1 atom stereocenters. The molecule has 1 aliphatic heterocycles. The van der Waals surface area contributed by atoms with Crippen molar-refractivity contribution < 1.29 is 4.79 Å². The van der Waals surface area contributed by atoms with Crippen molar-refractivity contribution in [3.05, 3.63) is 35.0 Å². The molecule has 144 valence electrons. The molecule has 1 saturated carbocycles. The number of carbonyl (C=O) groups excluding carboxylic acids is 1. The first-order valence-corrected chi connectivity index (χ1v) is 10.1. The number of nitrogens with one attached hydrogen (secondary N) is 2. The molecule has 1 aliphatic carbocycles. The average Bonchev–Trinajstić information content (AvgIpc) is 3.34. The third-order valence-electron chi connectivity index (χ3n) is 5.73. The largest absolute Gasteiger partial charge is 0.398 e. The van der Waals surface area contributed by atoms with Gasteiger partial charge in [-0.2, -0.15) is 0 Å². The Morgan fingerprint density at radius 3 is 2.67 bits per heavy atom. The molecule has 0 radical (unpaired) electrons. The lowest BCUT2D eigenvalue weighted by Crippen LogP contribution is -2.37. The molecule has 4 rings (SSSR count). The lowest BCUT2D eigenvalue weighted by Gasteiger charge is -2.23. The van der Waals surface area contributed by atoms with Crippen molar-refractivity contribution in [1.82, 2.24) is 15.6 Å². The summed E-state index contributed by atoms with van der Waals surface area (Å²) in [4.78, 5) is 17.4. The Labute approximate surface area is 161 Å². The minimum atomic E-state index is -0.150. The number of nitrogens with zero attached hydrogens (tertiary/aromatic N) is 1. The molecule has 2 fully saturated rings. The molecular weight excluding hydrogens is 336 g/mol. The van der Waals surface area contributed by atoms with E-state index < -0.39 is 0 Å². The maximum absolute atomic E-state index is 12.7. The van der Waals surface area contributed by atoms with E-state index in [4.69, 9.17) is 10.7 Å². The fraction of sp³-hybridized carbons (Fsp3) is 0.545. The Hall–Kier alpha value is -2.14. The second-order valence-electron chi connectivity index (χ2n) is 9.09. The molecule has 1 saturated heterocycles. The van der Waals surface area contributed by atoms with Crippen molar-refractivity contribution >= 4 is 22.5 Å². The van der Waals surface area contributed by atoms with E-state index in [9.17, 15) is 4.79 Å². The molecule has 2 aromatic rings. The van der Waals surface area contributed by atoms with Crippen LogP contribution in [0.4, 0.5) is 5.69 Å². The average molecular weight is 367 g/mol. The van der Waals surface area contributed by atoms with Crippen LogP contribution in [0.5, 0.6) is 0 Å². The van der Waals surface area contributed by atoms with Crippen LogP contribution >= 0.6 is 0 Å². The fourth-order valence-electron chi connectivity index (χ4n) is 3.95. The zero-order valence-electron chi connectivity index (χ0n) is 16.6. The van der Waals surface area contributed by atoms with Gasteiger partial charge in [0.05, 0.1) is 5.52 Å². The number of aromatic nitrogens is 1. The van der Waals surface area contributed by atoms with Gasteiger partial charge in [0.1, 0.15) is 5.69 Å². The van der Waals surface area contributed by atoms with Crippen LogP contribution in [0, 0.1) is 0 Å². The van der Waals surface area contributed by atoms with Gasteiger partial charge >= 0.3 is 0 Å². The molecule has 1 aromatic heterocycles. The van der Waals surface area contributed by atoms with Crippen molar-refractivity contribution in [2.75, 3.05) is 18.8 Å². The van der Waals surface area contributed by atoms with Crippen molar-refractivity contribution in [1.29, 1.82) is 0 Å². The zero-order valence-corrected chi connectivity index (χ0v) is 16.6. The van der Waals surface area contributed by atoms with E-state index in [1.165, 1.54) is 30.4 Å². The normalized spacial score (nSPS) is 20.2.